The lowest BCUT2D eigenvalue weighted by molar-refractivity contribution is -0.115. The van der Waals surface area contributed by atoms with Crippen molar-refractivity contribution in [2.45, 2.75) is 13.8 Å². The van der Waals surface area contributed by atoms with Crippen LogP contribution in [0.1, 0.15) is 16.8 Å². The van der Waals surface area contributed by atoms with Crippen LogP contribution in [0.25, 0.3) is 28.5 Å². The maximum Gasteiger partial charge on any atom is 0.322 e. The molecule has 0 saturated heterocycles. The van der Waals surface area contributed by atoms with E-state index in [1.165, 1.54) is 18.3 Å². The molecule has 206 valence electrons. The standard InChI is InChI=1S/C29H24F2N8O2/c1-16-10-18(11-24(31)27(32)40)4-6-21(16)26-22(14-34-28(38-26)37-20-13-35-39(3)15-20)19-5-7-25(23(30)12-19)41-29-33-9-8-17(2)36-29/h4-15H,1-3H3,(H2,32,40)(H,34,37,38). The van der Waals surface area contributed by atoms with Crippen LogP contribution in [0.3, 0.4) is 0 Å². The number of nitrogens with two attached hydrogens (primary N) is 1. The summed E-state index contributed by atoms with van der Waals surface area (Å²) < 4.78 is 36.2. The highest BCUT2D eigenvalue weighted by molar-refractivity contribution is 5.94. The number of amides is 1. The molecule has 0 aliphatic carbocycles. The van der Waals surface area contributed by atoms with Gasteiger partial charge in [0.1, 0.15) is 0 Å². The zero-order valence-electron chi connectivity index (χ0n) is 22.3. The summed E-state index contributed by atoms with van der Waals surface area (Å²) in [5.41, 5.74) is 9.75. The predicted molar refractivity (Wildman–Crippen MR) is 149 cm³/mol. The molecule has 41 heavy (non-hydrogen) atoms. The number of halogens is 2. The van der Waals surface area contributed by atoms with E-state index in [9.17, 15) is 9.18 Å². The van der Waals surface area contributed by atoms with Crippen molar-refractivity contribution < 1.29 is 18.3 Å². The van der Waals surface area contributed by atoms with Crippen molar-refractivity contribution in [2.75, 3.05) is 5.32 Å². The lowest BCUT2D eigenvalue weighted by atomic mass is 9.96. The molecule has 0 unspecified atom stereocenters. The fourth-order valence-corrected chi connectivity index (χ4v) is 4.06. The minimum absolute atomic E-state index is 0.0315. The highest BCUT2D eigenvalue weighted by Gasteiger charge is 2.17. The fraction of sp³-hybridized carbons (Fsp3) is 0.103. The van der Waals surface area contributed by atoms with Crippen LogP contribution >= 0.6 is 0 Å². The first kappa shape index (κ1) is 27.1. The van der Waals surface area contributed by atoms with E-state index in [-0.39, 0.29) is 17.7 Å². The number of carbonyl (C=O) groups excluding carboxylic acids is 1. The number of benzene rings is 2. The van der Waals surface area contributed by atoms with Gasteiger partial charge in [-0.1, -0.05) is 24.3 Å². The van der Waals surface area contributed by atoms with E-state index >= 15 is 4.39 Å². The lowest BCUT2D eigenvalue weighted by Crippen LogP contribution is -2.10. The molecule has 0 spiro atoms. The van der Waals surface area contributed by atoms with Gasteiger partial charge in [-0.05, 0) is 54.8 Å². The normalized spacial score (nSPS) is 11.4. The lowest BCUT2D eigenvalue weighted by Gasteiger charge is -2.14. The van der Waals surface area contributed by atoms with Gasteiger partial charge in [0.25, 0.3) is 5.91 Å². The maximum absolute atomic E-state index is 15.2. The molecule has 0 aliphatic rings. The van der Waals surface area contributed by atoms with Crippen molar-refractivity contribution in [3.8, 4) is 34.1 Å². The number of nitrogens with one attached hydrogen (secondary N) is 1. The molecule has 1 amide bonds. The summed E-state index contributed by atoms with van der Waals surface area (Å²) in [6.45, 7) is 3.59. The van der Waals surface area contributed by atoms with E-state index < -0.39 is 17.6 Å². The van der Waals surface area contributed by atoms with Gasteiger partial charge in [0.2, 0.25) is 5.95 Å². The molecular weight excluding hydrogens is 530 g/mol. The minimum atomic E-state index is -1.15. The van der Waals surface area contributed by atoms with Crippen LogP contribution in [0.15, 0.2) is 73.1 Å². The Morgan fingerprint density at radius 3 is 2.56 bits per heavy atom. The monoisotopic (exact) mass is 554 g/mol. The van der Waals surface area contributed by atoms with Crippen LogP contribution in [-0.2, 0) is 11.8 Å². The van der Waals surface area contributed by atoms with E-state index in [0.717, 1.165) is 11.6 Å². The average Bonchev–Trinajstić information content (AvgIpc) is 3.34. The molecule has 3 N–H and O–H groups in total. The van der Waals surface area contributed by atoms with Gasteiger partial charge < -0.3 is 15.8 Å². The number of primary amides is 1. The van der Waals surface area contributed by atoms with E-state index in [4.69, 9.17) is 15.5 Å². The molecule has 0 atom stereocenters. The molecule has 0 saturated carbocycles. The van der Waals surface area contributed by atoms with E-state index in [1.807, 2.05) is 6.92 Å². The Morgan fingerprint density at radius 1 is 1.05 bits per heavy atom. The maximum atomic E-state index is 15.2. The summed E-state index contributed by atoms with van der Waals surface area (Å²) in [6, 6.07) is 11.3. The van der Waals surface area contributed by atoms with Gasteiger partial charge in [0.05, 0.1) is 17.6 Å². The summed E-state index contributed by atoms with van der Waals surface area (Å²) in [7, 11) is 1.79. The Morgan fingerprint density at radius 2 is 1.88 bits per heavy atom. The predicted octanol–water partition coefficient (Wildman–Crippen LogP) is 5.42. The summed E-state index contributed by atoms with van der Waals surface area (Å²) >= 11 is 0. The third-order valence-corrected chi connectivity index (χ3v) is 6.00. The summed E-state index contributed by atoms with van der Waals surface area (Å²) in [4.78, 5) is 28.5. The molecule has 0 bridgehead atoms. The smallest absolute Gasteiger partial charge is 0.322 e. The van der Waals surface area contributed by atoms with Crippen molar-refractivity contribution in [1.82, 2.24) is 29.7 Å². The molecule has 3 aromatic heterocycles. The number of hydrogen-bond donors (Lipinski definition) is 2. The second-order valence-corrected chi connectivity index (χ2v) is 9.14. The van der Waals surface area contributed by atoms with Crippen molar-refractivity contribution >= 4 is 23.6 Å². The van der Waals surface area contributed by atoms with E-state index in [2.05, 4.69) is 25.4 Å². The topological polar surface area (TPSA) is 134 Å². The average molecular weight is 555 g/mol. The molecule has 0 aliphatic heterocycles. The number of hydrogen-bond acceptors (Lipinski definition) is 8. The number of ether oxygens (including phenoxy) is 1. The molecule has 5 aromatic rings. The van der Waals surface area contributed by atoms with Gasteiger partial charge in [-0.15, -0.1) is 0 Å². The third-order valence-electron chi connectivity index (χ3n) is 6.00. The molecule has 10 nitrogen and oxygen atoms in total. The number of aromatic nitrogens is 6. The Kier molecular flexibility index (Phi) is 7.46. The van der Waals surface area contributed by atoms with Crippen molar-refractivity contribution in [3.63, 3.8) is 0 Å². The highest BCUT2D eigenvalue weighted by atomic mass is 19.1. The number of aryl methyl sites for hydroxylation is 3. The van der Waals surface area contributed by atoms with E-state index in [0.29, 0.717) is 39.3 Å². The van der Waals surface area contributed by atoms with Crippen LogP contribution in [0.2, 0.25) is 0 Å². The van der Waals surface area contributed by atoms with Gasteiger partial charge in [-0.3, -0.25) is 9.48 Å². The summed E-state index contributed by atoms with van der Waals surface area (Å²) in [6.07, 6.45) is 7.56. The van der Waals surface area contributed by atoms with Crippen LogP contribution in [0.4, 0.5) is 20.4 Å². The molecule has 12 heteroatoms. The quantitative estimate of drug-likeness (QED) is 0.243. The zero-order chi connectivity index (χ0) is 29.1. The number of carbonyl (C=O) groups is 1. The van der Waals surface area contributed by atoms with Crippen molar-refractivity contribution in [1.29, 1.82) is 0 Å². The van der Waals surface area contributed by atoms with Gasteiger partial charge in [-0.25, -0.2) is 28.7 Å². The Labute approximate surface area is 233 Å². The zero-order valence-corrected chi connectivity index (χ0v) is 22.3. The Hall–Kier alpha value is -5.52. The van der Waals surface area contributed by atoms with Crippen LogP contribution < -0.4 is 15.8 Å². The molecule has 0 fully saturated rings. The third kappa shape index (κ3) is 6.22. The molecule has 5 rings (SSSR count). The van der Waals surface area contributed by atoms with Crippen LogP contribution in [0.5, 0.6) is 11.8 Å². The molecule has 2 aromatic carbocycles. The molecule has 3 heterocycles. The summed E-state index contributed by atoms with van der Waals surface area (Å²) in [5.74, 6) is -2.59. The second kappa shape index (κ2) is 11.3. The van der Waals surface area contributed by atoms with Gasteiger partial charge in [0, 0.05) is 42.5 Å². The number of nitrogens with zero attached hydrogens (tertiary/aromatic N) is 6. The van der Waals surface area contributed by atoms with Gasteiger partial charge >= 0.3 is 6.01 Å². The number of rotatable bonds is 8. The van der Waals surface area contributed by atoms with Crippen molar-refractivity contribution in [2.24, 2.45) is 12.8 Å². The molecular formula is C29H24F2N8O2. The highest BCUT2D eigenvalue weighted by Crippen LogP contribution is 2.36. The van der Waals surface area contributed by atoms with Gasteiger partial charge in [0.15, 0.2) is 17.4 Å². The first-order valence-electron chi connectivity index (χ1n) is 12.3. The van der Waals surface area contributed by atoms with Gasteiger partial charge in [-0.2, -0.15) is 5.10 Å². The largest absolute Gasteiger partial charge is 0.421 e. The van der Waals surface area contributed by atoms with Crippen LogP contribution in [-0.4, -0.2) is 35.6 Å². The first-order chi connectivity index (χ1) is 19.7. The number of anilines is 2. The first-order valence-corrected chi connectivity index (χ1v) is 12.3. The van der Waals surface area contributed by atoms with Crippen LogP contribution in [0, 0.1) is 19.7 Å². The second-order valence-electron chi connectivity index (χ2n) is 9.14. The molecule has 0 radical (unpaired) electrons. The summed E-state index contributed by atoms with van der Waals surface area (Å²) in [5, 5.41) is 7.25. The Balaban J connectivity index is 1.56. The van der Waals surface area contributed by atoms with Crippen molar-refractivity contribution in [3.05, 3.63) is 95.7 Å². The Bertz CT molecular complexity index is 1800. The fourth-order valence-electron chi connectivity index (χ4n) is 4.06. The SMILES string of the molecule is Cc1ccnc(Oc2ccc(-c3cnc(Nc4cnn(C)c4)nc3-c3ccc(C=C(F)C(N)=O)cc3C)cc2F)n1. The minimum Gasteiger partial charge on any atom is -0.421 e. The van der Waals surface area contributed by atoms with E-state index in [1.54, 1.807) is 67.6 Å².